The molecule has 32 heavy (non-hydrogen) atoms. The van der Waals surface area contributed by atoms with Gasteiger partial charge in [-0.15, -0.1) is 0 Å². The van der Waals surface area contributed by atoms with E-state index in [2.05, 4.69) is 40.7 Å². The van der Waals surface area contributed by atoms with Crippen molar-refractivity contribution in [1.82, 2.24) is 9.78 Å². The standard InChI is InChI=1S/C27H20ClN3O/c1-18-7-2-5-12-25(18)31-26(21-14-13-19-8-3-4-9-20(19)15-21)17-24(30-31)27(32)29-23-11-6-10-22(28)16-23/h2-17H,1H3,(H,29,32). The Hall–Kier alpha value is -3.89. The molecule has 1 aromatic heterocycles. The molecule has 0 bridgehead atoms. The largest absolute Gasteiger partial charge is 0.321 e. The minimum atomic E-state index is -0.290. The molecule has 0 unspecified atom stereocenters. The minimum absolute atomic E-state index is 0.290. The Kier molecular flexibility index (Phi) is 5.21. The second-order valence-electron chi connectivity index (χ2n) is 7.64. The molecule has 1 amide bonds. The summed E-state index contributed by atoms with van der Waals surface area (Å²) in [5, 5.41) is 10.4. The van der Waals surface area contributed by atoms with E-state index >= 15 is 0 Å². The molecule has 4 aromatic carbocycles. The second-order valence-corrected chi connectivity index (χ2v) is 8.08. The molecular weight excluding hydrogens is 418 g/mol. The van der Waals surface area contributed by atoms with E-state index < -0.39 is 0 Å². The lowest BCUT2D eigenvalue weighted by Crippen LogP contribution is -2.13. The van der Waals surface area contributed by atoms with Crippen molar-refractivity contribution in [2.24, 2.45) is 0 Å². The molecule has 4 nitrogen and oxygen atoms in total. The summed E-state index contributed by atoms with van der Waals surface area (Å²) in [5.41, 5.74) is 4.79. The van der Waals surface area contributed by atoms with E-state index in [-0.39, 0.29) is 5.91 Å². The number of hydrogen-bond donors (Lipinski definition) is 1. The molecule has 0 aliphatic rings. The molecule has 0 saturated carbocycles. The van der Waals surface area contributed by atoms with Gasteiger partial charge in [-0.2, -0.15) is 5.10 Å². The third kappa shape index (κ3) is 3.88. The lowest BCUT2D eigenvalue weighted by atomic mass is 10.0. The van der Waals surface area contributed by atoms with Crippen LogP contribution in [0.5, 0.6) is 0 Å². The molecule has 0 spiro atoms. The quantitative estimate of drug-likeness (QED) is 0.332. The number of halogens is 1. The third-order valence-electron chi connectivity index (χ3n) is 5.41. The van der Waals surface area contributed by atoms with E-state index in [0.29, 0.717) is 16.4 Å². The average Bonchev–Trinajstić information content (AvgIpc) is 3.24. The van der Waals surface area contributed by atoms with Gasteiger partial charge in [-0.25, -0.2) is 4.68 Å². The average molecular weight is 438 g/mol. The van der Waals surface area contributed by atoms with Crippen molar-refractivity contribution < 1.29 is 4.79 Å². The monoisotopic (exact) mass is 437 g/mol. The molecule has 1 heterocycles. The first kappa shape index (κ1) is 20.0. The predicted octanol–water partition coefficient (Wildman–Crippen LogP) is 6.91. The SMILES string of the molecule is Cc1ccccc1-n1nc(C(=O)Nc2cccc(Cl)c2)cc1-c1ccc2ccccc2c1. The molecule has 0 fully saturated rings. The van der Waals surface area contributed by atoms with E-state index in [1.165, 1.54) is 0 Å². The van der Waals surface area contributed by atoms with Crippen LogP contribution in [0, 0.1) is 6.92 Å². The summed E-state index contributed by atoms with van der Waals surface area (Å²) in [4.78, 5) is 13.0. The van der Waals surface area contributed by atoms with Gasteiger partial charge in [0.1, 0.15) is 0 Å². The van der Waals surface area contributed by atoms with Crippen LogP contribution < -0.4 is 5.32 Å². The van der Waals surface area contributed by atoms with Gasteiger partial charge in [-0.1, -0.05) is 72.3 Å². The van der Waals surface area contributed by atoms with Crippen LogP contribution in [0.4, 0.5) is 5.69 Å². The molecule has 0 saturated heterocycles. The molecule has 5 heteroatoms. The maximum atomic E-state index is 13.0. The summed E-state index contributed by atoms with van der Waals surface area (Å²) >= 11 is 6.06. The Morgan fingerprint density at radius 2 is 1.62 bits per heavy atom. The fourth-order valence-electron chi connectivity index (χ4n) is 3.79. The molecule has 0 atom stereocenters. The Morgan fingerprint density at radius 3 is 2.44 bits per heavy atom. The fraction of sp³-hybridized carbons (Fsp3) is 0.0370. The van der Waals surface area contributed by atoms with Crippen LogP contribution in [0.1, 0.15) is 16.1 Å². The first-order valence-corrected chi connectivity index (χ1v) is 10.7. The number of nitrogens with one attached hydrogen (secondary N) is 1. The normalized spacial score (nSPS) is 10.9. The van der Waals surface area contributed by atoms with Gasteiger partial charge in [0.05, 0.1) is 11.4 Å². The number of rotatable bonds is 4. The fourth-order valence-corrected chi connectivity index (χ4v) is 3.98. The molecular formula is C27H20ClN3O. The van der Waals surface area contributed by atoms with E-state index in [1.54, 1.807) is 24.3 Å². The van der Waals surface area contributed by atoms with Crippen LogP contribution >= 0.6 is 11.6 Å². The molecule has 0 radical (unpaired) electrons. The van der Waals surface area contributed by atoms with Crippen LogP contribution in [-0.2, 0) is 0 Å². The molecule has 156 valence electrons. The van der Waals surface area contributed by atoms with Crippen molar-refractivity contribution in [2.45, 2.75) is 6.92 Å². The first-order valence-electron chi connectivity index (χ1n) is 10.3. The molecule has 5 rings (SSSR count). The zero-order chi connectivity index (χ0) is 22.1. The van der Waals surface area contributed by atoms with Crippen LogP contribution in [0.25, 0.3) is 27.7 Å². The molecule has 1 N–H and O–H groups in total. The highest BCUT2D eigenvalue weighted by Gasteiger charge is 2.18. The number of para-hydroxylation sites is 1. The second kappa shape index (κ2) is 8.33. The van der Waals surface area contributed by atoms with Gasteiger partial charge in [0.25, 0.3) is 5.91 Å². The van der Waals surface area contributed by atoms with Crippen LogP contribution in [0.2, 0.25) is 5.02 Å². The number of nitrogens with zero attached hydrogens (tertiary/aromatic N) is 2. The topological polar surface area (TPSA) is 46.9 Å². The minimum Gasteiger partial charge on any atom is -0.321 e. The number of hydrogen-bond acceptors (Lipinski definition) is 2. The van der Waals surface area contributed by atoms with Gasteiger partial charge in [0.2, 0.25) is 0 Å². The number of carbonyl (C=O) groups excluding carboxylic acids is 1. The van der Waals surface area contributed by atoms with E-state index in [9.17, 15) is 4.79 Å². The highest BCUT2D eigenvalue weighted by molar-refractivity contribution is 6.31. The number of benzene rings is 4. The number of fused-ring (bicyclic) bond motifs is 1. The molecule has 5 aromatic rings. The van der Waals surface area contributed by atoms with Crippen molar-refractivity contribution >= 4 is 34.0 Å². The van der Waals surface area contributed by atoms with Crippen molar-refractivity contribution in [3.63, 3.8) is 0 Å². The maximum absolute atomic E-state index is 13.0. The Bertz CT molecular complexity index is 1450. The highest BCUT2D eigenvalue weighted by Crippen LogP contribution is 2.29. The Balaban J connectivity index is 1.62. The number of amides is 1. The van der Waals surface area contributed by atoms with Crippen molar-refractivity contribution in [2.75, 3.05) is 5.32 Å². The lowest BCUT2D eigenvalue weighted by molar-refractivity contribution is 0.102. The first-order chi connectivity index (χ1) is 15.6. The molecule has 0 aliphatic heterocycles. The van der Waals surface area contributed by atoms with E-state index in [1.807, 2.05) is 54.1 Å². The summed E-state index contributed by atoms with van der Waals surface area (Å²) in [6, 6.07) is 31.4. The zero-order valence-electron chi connectivity index (χ0n) is 17.4. The van der Waals surface area contributed by atoms with E-state index in [0.717, 1.165) is 33.3 Å². The highest BCUT2D eigenvalue weighted by atomic mass is 35.5. The summed E-state index contributed by atoms with van der Waals surface area (Å²) in [6.07, 6.45) is 0. The summed E-state index contributed by atoms with van der Waals surface area (Å²) < 4.78 is 1.84. The predicted molar refractivity (Wildman–Crippen MR) is 131 cm³/mol. The van der Waals surface area contributed by atoms with Gasteiger partial charge in [-0.05, 0) is 59.7 Å². The third-order valence-corrected chi connectivity index (χ3v) is 5.65. The molecule has 0 aliphatic carbocycles. The number of carbonyl (C=O) groups is 1. The van der Waals surface area contributed by atoms with Gasteiger partial charge in [0, 0.05) is 16.3 Å². The van der Waals surface area contributed by atoms with Gasteiger partial charge in [0.15, 0.2) is 5.69 Å². The van der Waals surface area contributed by atoms with Gasteiger partial charge >= 0.3 is 0 Å². The maximum Gasteiger partial charge on any atom is 0.276 e. The van der Waals surface area contributed by atoms with Gasteiger partial charge in [-0.3, -0.25) is 4.79 Å². The summed E-state index contributed by atoms with van der Waals surface area (Å²) in [6.45, 7) is 2.03. The van der Waals surface area contributed by atoms with Crippen molar-refractivity contribution in [3.8, 4) is 16.9 Å². The Morgan fingerprint density at radius 1 is 0.844 bits per heavy atom. The number of anilines is 1. The number of aryl methyl sites for hydroxylation is 1. The van der Waals surface area contributed by atoms with Crippen LogP contribution in [0.15, 0.2) is 97.1 Å². The zero-order valence-corrected chi connectivity index (χ0v) is 18.2. The van der Waals surface area contributed by atoms with Crippen LogP contribution in [0.3, 0.4) is 0 Å². The van der Waals surface area contributed by atoms with Crippen molar-refractivity contribution in [1.29, 1.82) is 0 Å². The smallest absolute Gasteiger partial charge is 0.276 e. The van der Waals surface area contributed by atoms with Crippen LogP contribution in [-0.4, -0.2) is 15.7 Å². The van der Waals surface area contributed by atoms with Gasteiger partial charge < -0.3 is 5.32 Å². The van der Waals surface area contributed by atoms with E-state index in [4.69, 9.17) is 11.6 Å². The number of aromatic nitrogens is 2. The Labute approximate surface area is 191 Å². The summed E-state index contributed by atoms with van der Waals surface area (Å²) in [7, 11) is 0. The summed E-state index contributed by atoms with van der Waals surface area (Å²) in [5.74, 6) is -0.290. The van der Waals surface area contributed by atoms with Crippen molar-refractivity contribution in [3.05, 3.63) is 113 Å². The lowest BCUT2D eigenvalue weighted by Gasteiger charge is -2.11.